The van der Waals surface area contributed by atoms with Crippen LogP contribution in [0.25, 0.3) is 0 Å². The number of rotatable bonds is 2. The summed E-state index contributed by atoms with van der Waals surface area (Å²) >= 11 is 0. The first-order chi connectivity index (χ1) is 9.88. The Kier molecular flexibility index (Phi) is 4.03. The van der Waals surface area contributed by atoms with Crippen molar-refractivity contribution < 1.29 is 24.9 Å². The number of aromatic hydroxyl groups is 1. The maximum atomic E-state index is 12.2. The van der Waals surface area contributed by atoms with Gasteiger partial charge in [-0.25, -0.2) is 0 Å². The lowest BCUT2D eigenvalue weighted by molar-refractivity contribution is -0.120. The zero-order valence-corrected chi connectivity index (χ0v) is 11.5. The Morgan fingerprint density at radius 3 is 2.48 bits per heavy atom. The summed E-state index contributed by atoms with van der Waals surface area (Å²) in [6.07, 6.45) is 0.707. The third kappa shape index (κ3) is 3.25. The van der Waals surface area contributed by atoms with Crippen LogP contribution < -0.4 is 0 Å². The zero-order chi connectivity index (χ0) is 15.6. The van der Waals surface area contributed by atoms with Crippen molar-refractivity contribution in [3.63, 3.8) is 0 Å². The maximum absolute atomic E-state index is 12.2. The Bertz CT molecular complexity index is 633. The van der Waals surface area contributed by atoms with Gasteiger partial charge in [-0.05, 0) is 24.6 Å². The highest BCUT2D eigenvalue weighted by atomic mass is 16.5. The van der Waals surface area contributed by atoms with E-state index in [0.29, 0.717) is 5.56 Å². The Morgan fingerprint density at radius 1 is 1.33 bits per heavy atom. The average Bonchev–Trinajstić information content (AvgIpc) is 2.37. The minimum atomic E-state index is -0.549. The van der Waals surface area contributed by atoms with Crippen LogP contribution in [0.3, 0.4) is 0 Å². The van der Waals surface area contributed by atoms with Gasteiger partial charge in [0, 0.05) is 6.08 Å². The van der Waals surface area contributed by atoms with Crippen LogP contribution >= 0.6 is 0 Å². The van der Waals surface area contributed by atoms with Gasteiger partial charge in [0.05, 0.1) is 12.0 Å². The molecule has 5 nitrogen and oxygen atoms in total. The lowest BCUT2D eigenvalue weighted by atomic mass is 9.94. The van der Waals surface area contributed by atoms with Crippen molar-refractivity contribution in [1.29, 1.82) is 0 Å². The largest absolute Gasteiger partial charge is 0.512 e. The molecule has 0 amide bonds. The molecule has 0 aliphatic carbocycles. The molecule has 1 atom stereocenters. The number of hydrogen-bond acceptors (Lipinski definition) is 5. The van der Waals surface area contributed by atoms with Crippen molar-refractivity contribution in [3.8, 4) is 5.75 Å². The van der Waals surface area contributed by atoms with Gasteiger partial charge in [0.2, 0.25) is 0 Å². The number of Topliss-reactive ketones (excluding diaryl/α,β-unsaturated/α-hetero) is 1. The van der Waals surface area contributed by atoms with Crippen LogP contribution in [0.5, 0.6) is 5.75 Å². The second kappa shape index (κ2) is 5.75. The van der Waals surface area contributed by atoms with E-state index in [1.54, 1.807) is 12.1 Å². The summed E-state index contributed by atoms with van der Waals surface area (Å²) in [5.41, 5.74) is 0.755. The third-order valence-electron chi connectivity index (χ3n) is 3.09. The summed E-state index contributed by atoms with van der Waals surface area (Å²) in [4.78, 5) is 12.2. The number of phenols is 1. The van der Waals surface area contributed by atoms with Gasteiger partial charge in [0.1, 0.15) is 29.1 Å². The predicted octanol–water partition coefficient (Wildman–Crippen LogP) is 3.21. The quantitative estimate of drug-likeness (QED) is 0.574. The zero-order valence-electron chi connectivity index (χ0n) is 11.5. The van der Waals surface area contributed by atoms with Crippen LogP contribution in [0.1, 0.15) is 25.0 Å². The molecule has 0 saturated carbocycles. The minimum Gasteiger partial charge on any atom is -0.512 e. The van der Waals surface area contributed by atoms with Crippen LogP contribution in [0.15, 0.2) is 59.8 Å². The molecule has 1 aliphatic rings. The van der Waals surface area contributed by atoms with E-state index in [9.17, 15) is 20.1 Å². The van der Waals surface area contributed by atoms with Crippen LogP contribution in [0.4, 0.5) is 0 Å². The lowest BCUT2D eigenvalue weighted by Crippen LogP contribution is -2.22. The molecule has 1 saturated heterocycles. The Hall–Kier alpha value is -2.69. The average molecular weight is 288 g/mol. The van der Waals surface area contributed by atoms with E-state index >= 15 is 0 Å². The second-order valence-electron chi connectivity index (χ2n) is 4.79. The highest BCUT2D eigenvalue weighted by molar-refractivity contribution is 6.00. The molecule has 110 valence electrons. The molecule has 21 heavy (non-hydrogen) atoms. The number of ketones is 1. The molecule has 1 aromatic carbocycles. The number of phenolic OH excluding ortho intramolecular Hbond substituents is 1. The number of carbonyl (C=O) groups is 1. The topological polar surface area (TPSA) is 87.0 Å². The molecule has 1 fully saturated rings. The van der Waals surface area contributed by atoms with Gasteiger partial charge in [-0.3, -0.25) is 4.79 Å². The first kappa shape index (κ1) is 14.7. The van der Waals surface area contributed by atoms with E-state index in [0.717, 1.165) is 0 Å². The number of carbonyl (C=O) groups excluding carboxylic acids is 1. The number of ether oxygens (including phenoxy) is 1. The van der Waals surface area contributed by atoms with Crippen LogP contribution in [0.2, 0.25) is 0 Å². The molecule has 0 radical (unpaired) electrons. The summed E-state index contributed by atoms with van der Waals surface area (Å²) in [5.74, 6) is -0.532. The summed E-state index contributed by atoms with van der Waals surface area (Å²) in [7, 11) is 0. The normalized spacial score (nSPS) is 22.8. The molecule has 0 aromatic heterocycles. The number of allylic oxidation sites excluding steroid dienone is 3. The molecule has 0 unspecified atom stereocenters. The maximum Gasteiger partial charge on any atom is 0.174 e. The minimum absolute atomic E-state index is 0.0419. The Morgan fingerprint density at radius 2 is 1.95 bits per heavy atom. The molecule has 1 heterocycles. The van der Waals surface area contributed by atoms with E-state index in [1.807, 2.05) is 0 Å². The van der Waals surface area contributed by atoms with Crippen molar-refractivity contribution in [3.05, 3.63) is 65.3 Å². The summed E-state index contributed by atoms with van der Waals surface area (Å²) in [5, 5.41) is 28.2. The van der Waals surface area contributed by atoms with Crippen LogP contribution in [-0.2, 0) is 9.53 Å². The van der Waals surface area contributed by atoms with E-state index in [4.69, 9.17) is 4.74 Å². The number of aliphatic hydroxyl groups excluding tert-OH is 2. The number of benzene rings is 1. The van der Waals surface area contributed by atoms with Crippen molar-refractivity contribution in [2.45, 2.75) is 19.4 Å². The number of hydrogen-bond donors (Lipinski definition) is 3. The standard InChI is InChI=1S/C16H16O5/c1-9(17)7-15-16(10(2)18)13(20)8-14(21-15)11-3-5-12(19)6-4-11/h3-7,14,17-19H,1,8H2,2H3/b15-7+,16-10+/t14-/m0/s1. The molecule has 2 rings (SSSR count). The fourth-order valence-electron chi connectivity index (χ4n) is 2.17. The van der Waals surface area contributed by atoms with Gasteiger partial charge >= 0.3 is 0 Å². The Balaban J connectivity index is 2.39. The van der Waals surface area contributed by atoms with Gasteiger partial charge in [-0.15, -0.1) is 0 Å². The molecule has 5 heteroatoms. The SMILES string of the molecule is C=C(O)/C=C1/O[C@H](c2ccc(O)cc2)CC(=O)/C1=C(/C)O. The summed E-state index contributed by atoms with van der Waals surface area (Å²) in [6, 6.07) is 6.30. The van der Waals surface area contributed by atoms with E-state index in [-0.39, 0.29) is 40.8 Å². The van der Waals surface area contributed by atoms with Gasteiger partial charge < -0.3 is 20.1 Å². The molecule has 1 aromatic rings. The van der Waals surface area contributed by atoms with Gasteiger partial charge in [-0.1, -0.05) is 18.7 Å². The highest BCUT2D eigenvalue weighted by Crippen LogP contribution is 2.36. The highest BCUT2D eigenvalue weighted by Gasteiger charge is 2.32. The van der Waals surface area contributed by atoms with E-state index in [2.05, 4.69) is 6.58 Å². The Labute approximate surface area is 122 Å². The molecule has 3 N–H and O–H groups in total. The third-order valence-corrected chi connectivity index (χ3v) is 3.09. The first-order valence-corrected chi connectivity index (χ1v) is 6.37. The van der Waals surface area contributed by atoms with Gasteiger partial charge in [0.15, 0.2) is 5.78 Å². The predicted molar refractivity (Wildman–Crippen MR) is 76.7 cm³/mol. The van der Waals surface area contributed by atoms with Crippen LogP contribution in [-0.4, -0.2) is 21.1 Å². The summed E-state index contributed by atoms with van der Waals surface area (Å²) < 4.78 is 5.69. The fraction of sp³-hybridized carbons (Fsp3) is 0.188. The molecule has 1 aliphatic heterocycles. The van der Waals surface area contributed by atoms with Crippen molar-refractivity contribution in [2.75, 3.05) is 0 Å². The summed E-state index contributed by atoms with van der Waals surface area (Å²) in [6.45, 7) is 4.71. The van der Waals surface area contributed by atoms with E-state index in [1.165, 1.54) is 25.1 Å². The molecular formula is C16H16O5. The molecule has 0 spiro atoms. The smallest absolute Gasteiger partial charge is 0.174 e. The van der Waals surface area contributed by atoms with Crippen molar-refractivity contribution in [2.24, 2.45) is 0 Å². The van der Waals surface area contributed by atoms with E-state index < -0.39 is 6.10 Å². The monoisotopic (exact) mass is 288 g/mol. The van der Waals surface area contributed by atoms with Crippen molar-refractivity contribution >= 4 is 5.78 Å². The second-order valence-corrected chi connectivity index (χ2v) is 4.79. The number of aliphatic hydroxyl groups is 2. The fourth-order valence-corrected chi connectivity index (χ4v) is 2.17. The lowest BCUT2D eigenvalue weighted by Gasteiger charge is -2.27. The van der Waals surface area contributed by atoms with Crippen molar-refractivity contribution in [1.82, 2.24) is 0 Å². The van der Waals surface area contributed by atoms with Gasteiger partial charge in [0.25, 0.3) is 0 Å². The van der Waals surface area contributed by atoms with Crippen LogP contribution in [0, 0.1) is 0 Å². The van der Waals surface area contributed by atoms with Gasteiger partial charge in [-0.2, -0.15) is 0 Å². The molecule has 0 bridgehead atoms. The molecular weight excluding hydrogens is 272 g/mol. The first-order valence-electron chi connectivity index (χ1n) is 6.37.